The fraction of sp³-hybridized carbons (Fsp3) is 0.111. The Kier molecular flexibility index (Phi) is 4.98. The number of benzene rings is 1. The molecule has 0 aliphatic rings. The van der Waals surface area contributed by atoms with Gasteiger partial charge in [-0.3, -0.25) is 4.98 Å². The average Bonchev–Trinajstić information content (AvgIpc) is 3.14. The summed E-state index contributed by atoms with van der Waals surface area (Å²) in [6.45, 7) is -1.04. The van der Waals surface area contributed by atoms with Gasteiger partial charge in [0.2, 0.25) is 0 Å². The summed E-state index contributed by atoms with van der Waals surface area (Å²) >= 11 is 0. The minimum Gasteiger partial charge on any atom is -0.264 e. The van der Waals surface area contributed by atoms with Gasteiger partial charge in [0.05, 0.1) is 11.1 Å². The minimum atomic E-state index is -4.61. The molecule has 0 aliphatic carbocycles. The fourth-order valence-electron chi connectivity index (χ4n) is 2.35. The number of pyridine rings is 1. The number of halogens is 4. The van der Waals surface area contributed by atoms with Crippen LogP contribution in [0.5, 0.6) is 0 Å². The van der Waals surface area contributed by atoms with Crippen molar-refractivity contribution in [2.45, 2.75) is 12.9 Å². The molecule has 3 rings (SSSR count). The van der Waals surface area contributed by atoms with E-state index in [4.69, 9.17) is 0 Å². The normalized spacial score (nSPS) is 12.0. The zero-order valence-corrected chi connectivity index (χ0v) is 13.7. The van der Waals surface area contributed by atoms with Crippen molar-refractivity contribution >= 4 is 11.8 Å². The van der Waals surface area contributed by atoms with Gasteiger partial charge in [0, 0.05) is 29.7 Å². The number of allylic oxidation sites excluding steroid dienone is 1. The number of nitrogens with zero attached hydrogens (tertiary/aromatic N) is 5. The zero-order chi connectivity index (χ0) is 19.4. The minimum absolute atomic E-state index is 0.0180. The van der Waals surface area contributed by atoms with Gasteiger partial charge < -0.3 is 0 Å². The molecule has 9 heteroatoms. The van der Waals surface area contributed by atoms with Gasteiger partial charge in [0.25, 0.3) is 0 Å². The molecule has 0 spiro atoms. The summed E-state index contributed by atoms with van der Waals surface area (Å²) in [7, 11) is 0. The molecular weight excluding hydrogens is 362 g/mol. The van der Waals surface area contributed by atoms with Crippen molar-refractivity contribution in [3.8, 4) is 17.5 Å². The van der Waals surface area contributed by atoms with Gasteiger partial charge in [-0.1, -0.05) is 6.07 Å². The SMILES string of the molecule is N#C/C(=C/n1cnc(-c2cc(CF)cc(C(F)(F)F)c2)n1)c1cccnc1. The molecule has 2 heterocycles. The lowest BCUT2D eigenvalue weighted by Crippen LogP contribution is -2.06. The monoisotopic (exact) mass is 373 g/mol. The first kappa shape index (κ1) is 18.3. The second-order valence-electron chi connectivity index (χ2n) is 5.49. The van der Waals surface area contributed by atoms with E-state index in [-0.39, 0.29) is 22.5 Å². The van der Waals surface area contributed by atoms with Crippen LogP contribution in [-0.2, 0) is 12.9 Å². The third-order valence-electron chi connectivity index (χ3n) is 3.60. The third kappa shape index (κ3) is 4.17. The van der Waals surface area contributed by atoms with E-state index in [9.17, 15) is 22.8 Å². The van der Waals surface area contributed by atoms with Crippen LogP contribution in [0.1, 0.15) is 16.7 Å². The molecule has 0 saturated carbocycles. The number of alkyl halides is 4. The topological polar surface area (TPSA) is 67.4 Å². The molecule has 0 N–H and O–H groups in total. The van der Waals surface area contributed by atoms with E-state index < -0.39 is 18.4 Å². The van der Waals surface area contributed by atoms with Crippen molar-refractivity contribution in [1.82, 2.24) is 19.7 Å². The third-order valence-corrected chi connectivity index (χ3v) is 3.60. The second kappa shape index (κ2) is 7.37. The Morgan fingerprint density at radius 2 is 2.07 bits per heavy atom. The van der Waals surface area contributed by atoms with Crippen LogP contribution in [0, 0.1) is 11.3 Å². The van der Waals surface area contributed by atoms with Crippen LogP contribution in [0.3, 0.4) is 0 Å². The molecule has 2 aromatic heterocycles. The molecule has 0 fully saturated rings. The highest BCUT2D eigenvalue weighted by atomic mass is 19.4. The van der Waals surface area contributed by atoms with Crippen molar-refractivity contribution < 1.29 is 17.6 Å². The summed E-state index contributed by atoms with van der Waals surface area (Å²) in [5.74, 6) is -0.0180. The highest BCUT2D eigenvalue weighted by Crippen LogP contribution is 2.33. The Balaban J connectivity index is 1.99. The number of rotatable bonds is 4. The molecule has 1 aromatic carbocycles. The molecule has 27 heavy (non-hydrogen) atoms. The first-order valence-electron chi connectivity index (χ1n) is 7.61. The summed E-state index contributed by atoms with van der Waals surface area (Å²) in [6.07, 6.45) is 1.06. The molecule has 3 aromatic rings. The lowest BCUT2D eigenvalue weighted by atomic mass is 10.1. The maximum Gasteiger partial charge on any atom is 0.416 e. The Hall–Kier alpha value is -3.54. The average molecular weight is 373 g/mol. The van der Waals surface area contributed by atoms with Gasteiger partial charge in [-0.05, 0) is 29.8 Å². The summed E-state index contributed by atoms with van der Waals surface area (Å²) in [5, 5.41) is 13.3. The fourth-order valence-corrected chi connectivity index (χ4v) is 2.35. The highest BCUT2D eigenvalue weighted by molar-refractivity contribution is 5.84. The van der Waals surface area contributed by atoms with Crippen molar-refractivity contribution in [1.29, 1.82) is 5.26 Å². The largest absolute Gasteiger partial charge is 0.416 e. The number of nitriles is 1. The zero-order valence-electron chi connectivity index (χ0n) is 13.7. The first-order chi connectivity index (χ1) is 12.9. The van der Waals surface area contributed by atoms with Crippen LogP contribution in [0.4, 0.5) is 17.6 Å². The Labute approximate surface area is 151 Å². The maximum absolute atomic E-state index is 13.0. The molecule has 0 amide bonds. The number of hydrogen-bond acceptors (Lipinski definition) is 4. The van der Waals surface area contributed by atoms with E-state index in [0.717, 1.165) is 12.1 Å². The van der Waals surface area contributed by atoms with Crippen LogP contribution in [0.2, 0.25) is 0 Å². The van der Waals surface area contributed by atoms with Gasteiger partial charge in [-0.15, -0.1) is 5.10 Å². The highest BCUT2D eigenvalue weighted by Gasteiger charge is 2.31. The van der Waals surface area contributed by atoms with E-state index in [1.54, 1.807) is 18.3 Å². The number of aromatic nitrogens is 4. The van der Waals surface area contributed by atoms with Crippen LogP contribution < -0.4 is 0 Å². The summed E-state index contributed by atoms with van der Waals surface area (Å²) in [6, 6.07) is 8.20. The molecule has 0 atom stereocenters. The molecule has 0 aliphatic heterocycles. The van der Waals surface area contributed by atoms with Gasteiger partial charge in [0.15, 0.2) is 5.82 Å². The molecular formula is C18H11F4N5. The summed E-state index contributed by atoms with van der Waals surface area (Å²) in [4.78, 5) is 7.88. The Bertz CT molecular complexity index is 1020. The van der Waals surface area contributed by atoms with Crippen LogP contribution in [-0.4, -0.2) is 19.7 Å². The van der Waals surface area contributed by atoms with Crippen LogP contribution in [0.25, 0.3) is 23.2 Å². The van der Waals surface area contributed by atoms with E-state index >= 15 is 0 Å². The van der Waals surface area contributed by atoms with Crippen molar-refractivity contribution in [2.75, 3.05) is 0 Å². The Morgan fingerprint density at radius 1 is 1.26 bits per heavy atom. The summed E-state index contributed by atoms with van der Waals surface area (Å²) < 4.78 is 53.1. The number of hydrogen-bond donors (Lipinski definition) is 0. The van der Waals surface area contributed by atoms with Crippen molar-refractivity contribution in [2.24, 2.45) is 0 Å². The first-order valence-corrected chi connectivity index (χ1v) is 7.61. The van der Waals surface area contributed by atoms with E-state index in [1.807, 2.05) is 6.07 Å². The molecule has 136 valence electrons. The second-order valence-corrected chi connectivity index (χ2v) is 5.49. The molecule has 0 unspecified atom stereocenters. The van der Waals surface area contributed by atoms with Gasteiger partial charge in [-0.2, -0.15) is 18.4 Å². The van der Waals surface area contributed by atoms with E-state index in [1.165, 1.54) is 29.5 Å². The smallest absolute Gasteiger partial charge is 0.264 e. The maximum atomic E-state index is 13.0. The molecule has 0 saturated heterocycles. The lowest BCUT2D eigenvalue weighted by molar-refractivity contribution is -0.137. The van der Waals surface area contributed by atoms with Crippen molar-refractivity contribution in [3.05, 3.63) is 65.7 Å². The predicted molar refractivity (Wildman–Crippen MR) is 89.3 cm³/mol. The lowest BCUT2D eigenvalue weighted by Gasteiger charge is -2.09. The molecule has 0 bridgehead atoms. The van der Waals surface area contributed by atoms with Gasteiger partial charge >= 0.3 is 6.18 Å². The molecule has 5 nitrogen and oxygen atoms in total. The van der Waals surface area contributed by atoms with Gasteiger partial charge in [-0.25, -0.2) is 14.1 Å². The summed E-state index contributed by atoms with van der Waals surface area (Å²) in [5.41, 5.74) is -0.277. The van der Waals surface area contributed by atoms with E-state index in [0.29, 0.717) is 5.56 Å². The van der Waals surface area contributed by atoms with Crippen molar-refractivity contribution in [3.63, 3.8) is 0 Å². The molecule has 0 radical (unpaired) electrons. The van der Waals surface area contributed by atoms with Gasteiger partial charge in [0.1, 0.15) is 19.1 Å². The van der Waals surface area contributed by atoms with Crippen LogP contribution >= 0.6 is 0 Å². The van der Waals surface area contributed by atoms with Crippen LogP contribution in [0.15, 0.2) is 49.1 Å². The quantitative estimate of drug-likeness (QED) is 0.504. The predicted octanol–water partition coefficient (Wildman–Crippen LogP) is 4.35. The standard InChI is InChI=1S/C18H11F4N5/c19-7-12-4-14(6-16(5-12)18(20,21)22)17-25-11-27(26-17)10-15(8-23)13-2-1-3-24-9-13/h1-6,9-11H,7H2/b15-10-. The van der Waals surface area contributed by atoms with E-state index in [2.05, 4.69) is 15.1 Å². The Morgan fingerprint density at radius 3 is 2.70 bits per heavy atom.